The van der Waals surface area contributed by atoms with Gasteiger partial charge in [0.15, 0.2) is 0 Å². The lowest BCUT2D eigenvalue weighted by atomic mass is 10.1. The minimum Gasteiger partial charge on any atom is -0.330 e. The van der Waals surface area contributed by atoms with Crippen LogP contribution < -0.4 is 10.6 Å². The Morgan fingerprint density at radius 1 is 1.19 bits per heavy atom. The molecule has 0 aliphatic heterocycles. The Labute approximate surface area is 124 Å². The highest BCUT2D eigenvalue weighted by atomic mass is 19.1. The molecule has 0 atom stereocenters. The second kappa shape index (κ2) is 6.99. The van der Waals surface area contributed by atoms with Crippen molar-refractivity contribution < 1.29 is 9.18 Å². The Balaban J connectivity index is 2.36. The molecule has 2 aromatic rings. The first kappa shape index (κ1) is 15.2. The highest BCUT2D eigenvalue weighted by Crippen LogP contribution is 2.19. The van der Waals surface area contributed by atoms with Gasteiger partial charge in [-0.2, -0.15) is 0 Å². The number of carbonyl (C=O) groups excluding carboxylic acids is 1. The summed E-state index contributed by atoms with van der Waals surface area (Å²) in [5.74, 6) is -0.609. The molecule has 0 saturated heterocycles. The molecule has 3 nitrogen and oxygen atoms in total. The number of benzene rings is 2. The minimum atomic E-state index is -0.407. The van der Waals surface area contributed by atoms with Crippen LogP contribution in [-0.4, -0.2) is 19.0 Å². The second-order valence-electron chi connectivity index (χ2n) is 4.89. The predicted molar refractivity (Wildman–Crippen MR) is 82.9 cm³/mol. The number of hydrogen-bond acceptors (Lipinski definition) is 2. The van der Waals surface area contributed by atoms with Gasteiger partial charge >= 0.3 is 0 Å². The van der Waals surface area contributed by atoms with E-state index in [0.717, 1.165) is 11.3 Å². The molecule has 0 fully saturated rings. The number of carbonyl (C=O) groups is 1. The molecule has 0 aromatic heterocycles. The summed E-state index contributed by atoms with van der Waals surface area (Å²) in [5.41, 5.74) is 7.49. The summed E-state index contributed by atoms with van der Waals surface area (Å²) < 4.78 is 13.4. The largest absolute Gasteiger partial charge is 0.330 e. The molecule has 1 amide bonds. The van der Waals surface area contributed by atoms with Gasteiger partial charge in [-0.3, -0.25) is 4.79 Å². The van der Waals surface area contributed by atoms with E-state index >= 15 is 0 Å². The second-order valence-corrected chi connectivity index (χ2v) is 4.89. The molecule has 0 saturated carbocycles. The first-order chi connectivity index (χ1) is 10.1. The molecule has 2 N–H and O–H groups in total. The highest BCUT2D eigenvalue weighted by Gasteiger charge is 2.19. The van der Waals surface area contributed by atoms with E-state index < -0.39 is 5.82 Å². The van der Waals surface area contributed by atoms with Gasteiger partial charge in [0.25, 0.3) is 5.91 Å². The molecule has 0 bridgehead atoms. The van der Waals surface area contributed by atoms with Crippen LogP contribution in [0, 0.1) is 12.7 Å². The molecule has 2 aromatic carbocycles. The van der Waals surface area contributed by atoms with E-state index in [1.54, 1.807) is 17.9 Å². The molecule has 0 spiro atoms. The zero-order valence-electron chi connectivity index (χ0n) is 12.1. The van der Waals surface area contributed by atoms with Crippen molar-refractivity contribution in [2.24, 2.45) is 5.73 Å². The van der Waals surface area contributed by atoms with Gasteiger partial charge in [-0.05, 0) is 49.7 Å². The number of rotatable bonds is 5. The molecule has 0 radical (unpaired) electrons. The van der Waals surface area contributed by atoms with Crippen molar-refractivity contribution in [3.05, 3.63) is 65.5 Å². The lowest BCUT2D eigenvalue weighted by Gasteiger charge is -2.23. The fraction of sp³-hybridized carbons (Fsp3) is 0.235. The highest BCUT2D eigenvalue weighted by molar-refractivity contribution is 6.07. The van der Waals surface area contributed by atoms with E-state index in [1.807, 2.05) is 30.3 Å². The summed E-state index contributed by atoms with van der Waals surface area (Å²) in [6.45, 7) is 2.81. The van der Waals surface area contributed by atoms with Gasteiger partial charge < -0.3 is 10.6 Å². The SMILES string of the molecule is Cc1ccc(F)cc1C(=O)N(CCCN)c1ccccc1. The minimum absolute atomic E-state index is 0.202. The number of aryl methyl sites for hydroxylation is 1. The van der Waals surface area contributed by atoms with Crippen LogP contribution >= 0.6 is 0 Å². The first-order valence-corrected chi connectivity index (χ1v) is 6.96. The fourth-order valence-corrected chi connectivity index (χ4v) is 2.18. The smallest absolute Gasteiger partial charge is 0.258 e. The average molecular weight is 286 g/mol. The van der Waals surface area contributed by atoms with Gasteiger partial charge in [0, 0.05) is 17.8 Å². The quantitative estimate of drug-likeness (QED) is 0.918. The van der Waals surface area contributed by atoms with Crippen LogP contribution in [0.5, 0.6) is 0 Å². The number of anilines is 1. The van der Waals surface area contributed by atoms with Crippen LogP contribution in [0.15, 0.2) is 48.5 Å². The Morgan fingerprint density at radius 2 is 1.90 bits per heavy atom. The van der Waals surface area contributed by atoms with Gasteiger partial charge in [0.2, 0.25) is 0 Å². The third-order valence-electron chi connectivity index (χ3n) is 3.33. The molecular weight excluding hydrogens is 267 g/mol. The lowest BCUT2D eigenvalue weighted by Crippen LogP contribution is -2.33. The van der Waals surface area contributed by atoms with Crippen molar-refractivity contribution in [2.45, 2.75) is 13.3 Å². The van der Waals surface area contributed by atoms with Crippen molar-refractivity contribution in [3.8, 4) is 0 Å². The number of hydrogen-bond donors (Lipinski definition) is 1. The summed E-state index contributed by atoms with van der Waals surface area (Å²) in [4.78, 5) is 14.4. The third kappa shape index (κ3) is 3.67. The van der Waals surface area contributed by atoms with Gasteiger partial charge in [-0.1, -0.05) is 24.3 Å². The normalized spacial score (nSPS) is 10.4. The van der Waals surface area contributed by atoms with Crippen LogP contribution in [0.2, 0.25) is 0 Å². The first-order valence-electron chi connectivity index (χ1n) is 6.96. The number of nitrogens with zero attached hydrogens (tertiary/aromatic N) is 1. The van der Waals surface area contributed by atoms with Crippen LogP contribution in [0.25, 0.3) is 0 Å². The van der Waals surface area contributed by atoms with E-state index in [9.17, 15) is 9.18 Å². The summed E-state index contributed by atoms with van der Waals surface area (Å²) >= 11 is 0. The number of para-hydroxylation sites is 1. The summed E-state index contributed by atoms with van der Waals surface area (Å²) in [5, 5.41) is 0. The molecule has 2 rings (SSSR count). The van der Waals surface area contributed by atoms with E-state index in [2.05, 4.69) is 0 Å². The van der Waals surface area contributed by atoms with Crippen molar-refractivity contribution in [1.29, 1.82) is 0 Å². The van der Waals surface area contributed by atoms with Crippen molar-refractivity contribution >= 4 is 11.6 Å². The maximum Gasteiger partial charge on any atom is 0.258 e. The van der Waals surface area contributed by atoms with Crippen LogP contribution in [0.1, 0.15) is 22.3 Å². The van der Waals surface area contributed by atoms with Crippen LogP contribution in [-0.2, 0) is 0 Å². The molecule has 0 aliphatic rings. The Bertz CT molecular complexity index is 613. The number of nitrogens with two attached hydrogens (primary N) is 1. The predicted octanol–water partition coefficient (Wildman–Crippen LogP) is 3.13. The lowest BCUT2D eigenvalue weighted by molar-refractivity contribution is 0.0986. The summed E-state index contributed by atoms with van der Waals surface area (Å²) in [7, 11) is 0. The Kier molecular flexibility index (Phi) is 5.06. The standard InChI is InChI=1S/C17H19FN2O/c1-13-8-9-14(18)12-16(13)17(21)20(11-5-10-19)15-6-3-2-4-7-15/h2-4,6-9,12H,5,10-11,19H2,1H3. The molecule has 0 unspecified atom stereocenters. The molecular formula is C17H19FN2O. The number of amides is 1. The molecule has 0 aliphatic carbocycles. The van der Waals surface area contributed by atoms with Gasteiger partial charge in [0.1, 0.15) is 5.82 Å². The topological polar surface area (TPSA) is 46.3 Å². The Morgan fingerprint density at radius 3 is 2.57 bits per heavy atom. The van der Waals surface area contributed by atoms with E-state index in [-0.39, 0.29) is 5.91 Å². The molecule has 21 heavy (non-hydrogen) atoms. The van der Waals surface area contributed by atoms with Crippen molar-refractivity contribution in [2.75, 3.05) is 18.0 Å². The van der Waals surface area contributed by atoms with Gasteiger partial charge in [-0.25, -0.2) is 4.39 Å². The van der Waals surface area contributed by atoms with E-state index in [1.165, 1.54) is 12.1 Å². The van der Waals surface area contributed by atoms with Crippen LogP contribution in [0.3, 0.4) is 0 Å². The van der Waals surface area contributed by atoms with Crippen molar-refractivity contribution in [1.82, 2.24) is 0 Å². The molecule has 0 heterocycles. The van der Waals surface area contributed by atoms with Gasteiger partial charge in [0.05, 0.1) is 0 Å². The van der Waals surface area contributed by atoms with E-state index in [0.29, 0.717) is 25.1 Å². The fourth-order valence-electron chi connectivity index (χ4n) is 2.18. The average Bonchev–Trinajstić information content (AvgIpc) is 2.51. The van der Waals surface area contributed by atoms with Crippen molar-refractivity contribution in [3.63, 3.8) is 0 Å². The van der Waals surface area contributed by atoms with E-state index in [4.69, 9.17) is 5.73 Å². The monoisotopic (exact) mass is 286 g/mol. The zero-order chi connectivity index (χ0) is 15.2. The van der Waals surface area contributed by atoms with Gasteiger partial charge in [-0.15, -0.1) is 0 Å². The number of halogens is 1. The summed E-state index contributed by atoms with van der Waals surface area (Å²) in [6.07, 6.45) is 0.689. The Hall–Kier alpha value is -2.20. The zero-order valence-corrected chi connectivity index (χ0v) is 12.1. The maximum absolute atomic E-state index is 13.4. The maximum atomic E-state index is 13.4. The third-order valence-corrected chi connectivity index (χ3v) is 3.33. The van der Waals surface area contributed by atoms with Crippen LogP contribution in [0.4, 0.5) is 10.1 Å². The molecule has 4 heteroatoms. The molecule has 110 valence electrons. The summed E-state index contributed by atoms with van der Waals surface area (Å²) in [6, 6.07) is 13.6.